The van der Waals surface area contributed by atoms with Crippen LogP contribution in [0.5, 0.6) is 0 Å². The standard InChI is InChI=1S/C11H8BrClFN3/c12-8-4-7(14)5-9(13)11(8)17-6-10-15-2-1-3-16-10/h1-5,17H,6H2. The fourth-order valence-corrected chi connectivity index (χ4v) is 2.26. The van der Waals surface area contributed by atoms with E-state index in [0.717, 1.165) is 0 Å². The first-order chi connectivity index (χ1) is 8.16. The predicted molar refractivity (Wildman–Crippen MR) is 68.5 cm³/mol. The molecule has 2 aromatic rings. The number of hydrogen-bond acceptors (Lipinski definition) is 3. The third kappa shape index (κ3) is 3.14. The Balaban J connectivity index is 2.15. The van der Waals surface area contributed by atoms with Crippen LogP contribution in [0, 0.1) is 5.82 Å². The summed E-state index contributed by atoms with van der Waals surface area (Å²) in [6.45, 7) is 0.421. The van der Waals surface area contributed by atoms with Crippen molar-refractivity contribution in [3.63, 3.8) is 0 Å². The molecule has 1 aromatic carbocycles. The molecule has 1 aromatic heterocycles. The van der Waals surface area contributed by atoms with E-state index in [0.29, 0.717) is 27.6 Å². The second-order valence-corrected chi connectivity index (χ2v) is 4.52. The minimum atomic E-state index is -0.386. The van der Waals surface area contributed by atoms with Gasteiger partial charge in [0.15, 0.2) is 0 Å². The zero-order chi connectivity index (χ0) is 12.3. The number of anilines is 1. The second kappa shape index (κ2) is 5.42. The molecule has 0 amide bonds. The molecule has 0 radical (unpaired) electrons. The van der Waals surface area contributed by atoms with Crippen LogP contribution in [0.1, 0.15) is 5.82 Å². The normalized spacial score (nSPS) is 10.3. The van der Waals surface area contributed by atoms with E-state index in [-0.39, 0.29) is 5.82 Å². The minimum absolute atomic E-state index is 0.313. The number of benzene rings is 1. The molecule has 0 saturated heterocycles. The maximum atomic E-state index is 13.0. The lowest BCUT2D eigenvalue weighted by Crippen LogP contribution is -2.04. The van der Waals surface area contributed by atoms with Crippen molar-refractivity contribution in [3.8, 4) is 0 Å². The molecule has 3 nitrogen and oxygen atoms in total. The Bertz CT molecular complexity index is 498. The molecule has 1 N–H and O–H groups in total. The van der Waals surface area contributed by atoms with Crippen LogP contribution in [-0.4, -0.2) is 9.97 Å². The predicted octanol–water partition coefficient (Wildman–Crippen LogP) is 3.64. The van der Waals surface area contributed by atoms with Crippen molar-refractivity contribution >= 4 is 33.2 Å². The van der Waals surface area contributed by atoms with Crippen LogP contribution in [-0.2, 0) is 6.54 Å². The van der Waals surface area contributed by atoms with Crippen molar-refractivity contribution in [1.29, 1.82) is 0 Å². The van der Waals surface area contributed by atoms with Crippen LogP contribution in [0.3, 0.4) is 0 Å². The van der Waals surface area contributed by atoms with E-state index in [9.17, 15) is 4.39 Å². The topological polar surface area (TPSA) is 37.8 Å². The number of aromatic nitrogens is 2. The molecular weight excluding hydrogens is 308 g/mol. The molecule has 88 valence electrons. The zero-order valence-corrected chi connectivity index (χ0v) is 11.0. The van der Waals surface area contributed by atoms with Gasteiger partial charge in [-0.2, -0.15) is 0 Å². The Morgan fingerprint density at radius 3 is 2.65 bits per heavy atom. The van der Waals surface area contributed by atoms with Gasteiger partial charge in [0.1, 0.15) is 11.6 Å². The Morgan fingerprint density at radius 1 is 1.29 bits per heavy atom. The van der Waals surface area contributed by atoms with Gasteiger partial charge in [-0.05, 0) is 34.1 Å². The molecular formula is C11H8BrClFN3. The first-order valence-corrected chi connectivity index (χ1v) is 5.98. The van der Waals surface area contributed by atoms with Gasteiger partial charge < -0.3 is 5.32 Å². The molecule has 2 rings (SSSR count). The summed E-state index contributed by atoms with van der Waals surface area (Å²) >= 11 is 9.17. The Labute approximate surface area is 111 Å². The smallest absolute Gasteiger partial charge is 0.147 e. The fourth-order valence-electron chi connectivity index (χ4n) is 1.30. The van der Waals surface area contributed by atoms with Gasteiger partial charge in [-0.3, -0.25) is 0 Å². The average molecular weight is 317 g/mol. The molecule has 1 heterocycles. The molecule has 0 atom stereocenters. The number of hydrogen-bond donors (Lipinski definition) is 1. The highest BCUT2D eigenvalue weighted by Crippen LogP contribution is 2.31. The lowest BCUT2D eigenvalue weighted by atomic mass is 10.3. The van der Waals surface area contributed by atoms with Gasteiger partial charge in [-0.1, -0.05) is 11.6 Å². The lowest BCUT2D eigenvalue weighted by molar-refractivity contribution is 0.627. The van der Waals surface area contributed by atoms with Gasteiger partial charge in [-0.15, -0.1) is 0 Å². The molecule has 0 unspecified atom stereocenters. The minimum Gasteiger partial charge on any atom is -0.376 e. The molecule has 0 aliphatic carbocycles. The summed E-state index contributed by atoms with van der Waals surface area (Å²) in [5.41, 5.74) is 0.625. The number of halogens is 3. The van der Waals surface area contributed by atoms with Crippen LogP contribution in [0.25, 0.3) is 0 Å². The molecule has 17 heavy (non-hydrogen) atoms. The maximum absolute atomic E-state index is 13.0. The third-order valence-corrected chi connectivity index (χ3v) is 2.97. The van der Waals surface area contributed by atoms with Gasteiger partial charge in [-0.25, -0.2) is 14.4 Å². The number of rotatable bonds is 3. The summed E-state index contributed by atoms with van der Waals surface area (Å²) in [4.78, 5) is 8.13. The first kappa shape index (κ1) is 12.3. The molecule has 0 bridgehead atoms. The van der Waals surface area contributed by atoms with E-state index in [1.807, 2.05) is 0 Å². The fraction of sp³-hybridized carbons (Fsp3) is 0.0909. The highest BCUT2D eigenvalue weighted by atomic mass is 79.9. The van der Waals surface area contributed by atoms with Gasteiger partial charge in [0, 0.05) is 16.9 Å². The molecule has 0 aliphatic heterocycles. The SMILES string of the molecule is Fc1cc(Cl)c(NCc2ncccn2)c(Br)c1. The van der Waals surface area contributed by atoms with Gasteiger partial charge in [0.25, 0.3) is 0 Å². The molecule has 0 spiro atoms. The van der Waals surface area contributed by atoms with Gasteiger partial charge in [0.05, 0.1) is 17.3 Å². The van der Waals surface area contributed by atoms with Crippen molar-refractivity contribution in [2.75, 3.05) is 5.32 Å². The molecule has 6 heteroatoms. The summed E-state index contributed by atoms with van der Waals surface area (Å²) in [6.07, 6.45) is 3.32. The van der Waals surface area contributed by atoms with Crippen molar-refractivity contribution in [1.82, 2.24) is 9.97 Å². The largest absolute Gasteiger partial charge is 0.376 e. The van der Waals surface area contributed by atoms with E-state index in [1.54, 1.807) is 18.5 Å². The highest BCUT2D eigenvalue weighted by Gasteiger charge is 2.08. The Morgan fingerprint density at radius 2 is 2.00 bits per heavy atom. The van der Waals surface area contributed by atoms with Crippen molar-refractivity contribution in [3.05, 3.63) is 51.7 Å². The van der Waals surface area contributed by atoms with E-state index >= 15 is 0 Å². The summed E-state index contributed by atoms with van der Waals surface area (Å²) in [5, 5.41) is 3.37. The van der Waals surface area contributed by atoms with E-state index < -0.39 is 0 Å². The van der Waals surface area contributed by atoms with Crippen LogP contribution in [0.4, 0.5) is 10.1 Å². The van der Waals surface area contributed by atoms with Crippen LogP contribution in [0.15, 0.2) is 35.1 Å². The van der Waals surface area contributed by atoms with E-state index in [2.05, 4.69) is 31.2 Å². The summed E-state index contributed by atoms with van der Waals surface area (Å²) in [7, 11) is 0. The lowest BCUT2D eigenvalue weighted by Gasteiger charge is -2.09. The van der Waals surface area contributed by atoms with Gasteiger partial charge in [0.2, 0.25) is 0 Å². The molecule has 0 fully saturated rings. The Kier molecular flexibility index (Phi) is 3.91. The van der Waals surface area contributed by atoms with Crippen LogP contribution < -0.4 is 5.32 Å². The Hall–Kier alpha value is -1.20. The monoisotopic (exact) mass is 315 g/mol. The second-order valence-electron chi connectivity index (χ2n) is 3.26. The number of nitrogens with zero attached hydrogens (tertiary/aromatic N) is 2. The van der Waals surface area contributed by atoms with Crippen molar-refractivity contribution < 1.29 is 4.39 Å². The average Bonchev–Trinajstić information content (AvgIpc) is 2.29. The van der Waals surface area contributed by atoms with Gasteiger partial charge >= 0.3 is 0 Å². The van der Waals surface area contributed by atoms with E-state index in [1.165, 1.54) is 12.1 Å². The molecule has 0 saturated carbocycles. The summed E-state index contributed by atoms with van der Waals surface area (Å²) in [6, 6.07) is 4.34. The first-order valence-electron chi connectivity index (χ1n) is 4.81. The molecule has 0 aliphatic rings. The van der Waals surface area contributed by atoms with Crippen LogP contribution >= 0.6 is 27.5 Å². The van der Waals surface area contributed by atoms with E-state index in [4.69, 9.17) is 11.6 Å². The zero-order valence-electron chi connectivity index (χ0n) is 8.62. The third-order valence-electron chi connectivity index (χ3n) is 2.05. The van der Waals surface area contributed by atoms with Crippen molar-refractivity contribution in [2.24, 2.45) is 0 Å². The quantitative estimate of drug-likeness (QED) is 0.939. The summed E-state index contributed by atoms with van der Waals surface area (Å²) in [5.74, 6) is 0.253. The van der Waals surface area contributed by atoms with Crippen LogP contribution in [0.2, 0.25) is 5.02 Å². The van der Waals surface area contributed by atoms with Crippen molar-refractivity contribution in [2.45, 2.75) is 6.54 Å². The summed E-state index contributed by atoms with van der Waals surface area (Å²) < 4.78 is 13.6. The maximum Gasteiger partial charge on any atom is 0.147 e. The number of nitrogens with one attached hydrogen (secondary N) is 1. The highest BCUT2D eigenvalue weighted by molar-refractivity contribution is 9.10.